The normalized spacial score (nSPS) is 15.8. The van der Waals surface area contributed by atoms with Crippen molar-refractivity contribution in [3.63, 3.8) is 0 Å². The monoisotopic (exact) mass is 202 g/mol. The highest BCUT2D eigenvalue weighted by atomic mass is 35.5. The van der Waals surface area contributed by atoms with Gasteiger partial charge in [0.2, 0.25) is 0 Å². The molecule has 64 valence electrons. The van der Waals surface area contributed by atoms with Crippen molar-refractivity contribution in [2.75, 3.05) is 6.61 Å². The molecule has 0 aliphatic carbocycles. The van der Waals surface area contributed by atoms with Gasteiger partial charge in [-0.3, -0.25) is 0 Å². The lowest BCUT2D eigenvalue weighted by Crippen LogP contribution is -2.10. The van der Waals surface area contributed by atoms with Crippen molar-refractivity contribution in [3.8, 4) is 0 Å². The van der Waals surface area contributed by atoms with Crippen molar-refractivity contribution in [1.29, 1.82) is 0 Å². The van der Waals surface area contributed by atoms with Crippen LogP contribution in [-0.4, -0.2) is 6.61 Å². The second kappa shape index (κ2) is 3.25. The molecule has 12 heavy (non-hydrogen) atoms. The number of benzene rings is 1. The van der Waals surface area contributed by atoms with E-state index >= 15 is 0 Å². The Morgan fingerprint density at radius 3 is 2.92 bits per heavy atom. The standard InChI is InChI=1S/C9H8Cl2O/c10-7-3-6-1-2-12-5-8(6)9(11)4-7/h3-4H,1-2,5H2. The third-order valence-corrected chi connectivity index (χ3v) is 2.57. The lowest BCUT2D eigenvalue weighted by atomic mass is 10.0. The molecule has 0 unspecified atom stereocenters. The van der Waals surface area contributed by atoms with Crippen LogP contribution in [0.15, 0.2) is 12.1 Å². The van der Waals surface area contributed by atoms with Gasteiger partial charge in [0.15, 0.2) is 0 Å². The van der Waals surface area contributed by atoms with Gasteiger partial charge in [-0.15, -0.1) is 0 Å². The van der Waals surface area contributed by atoms with Crippen LogP contribution in [-0.2, 0) is 17.8 Å². The van der Waals surface area contributed by atoms with Gasteiger partial charge in [0.25, 0.3) is 0 Å². The van der Waals surface area contributed by atoms with E-state index in [9.17, 15) is 0 Å². The summed E-state index contributed by atoms with van der Waals surface area (Å²) in [5.41, 5.74) is 2.31. The first kappa shape index (κ1) is 8.36. The average Bonchev–Trinajstić information content (AvgIpc) is 2.04. The third kappa shape index (κ3) is 1.45. The van der Waals surface area contributed by atoms with Crippen molar-refractivity contribution < 1.29 is 4.74 Å². The molecule has 1 aromatic rings. The molecule has 0 spiro atoms. The van der Waals surface area contributed by atoms with Crippen LogP contribution in [0, 0.1) is 0 Å². The van der Waals surface area contributed by atoms with Crippen LogP contribution in [0.3, 0.4) is 0 Å². The highest BCUT2D eigenvalue weighted by Gasteiger charge is 2.13. The molecule has 3 heteroatoms. The molecule has 0 atom stereocenters. The zero-order valence-corrected chi connectivity index (χ0v) is 7.95. The Morgan fingerprint density at radius 1 is 1.25 bits per heavy atom. The summed E-state index contributed by atoms with van der Waals surface area (Å²) in [4.78, 5) is 0. The molecule has 0 saturated carbocycles. The summed E-state index contributed by atoms with van der Waals surface area (Å²) < 4.78 is 5.29. The van der Waals surface area contributed by atoms with E-state index in [-0.39, 0.29) is 0 Å². The zero-order chi connectivity index (χ0) is 8.55. The van der Waals surface area contributed by atoms with Gasteiger partial charge >= 0.3 is 0 Å². The molecule has 1 heterocycles. The summed E-state index contributed by atoms with van der Waals surface area (Å²) in [7, 11) is 0. The number of halogens is 2. The molecule has 0 radical (unpaired) electrons. The van der Waals surface area contributed by atoms with E-state index in [1.807, 2.05) is 6.07 Å². The molecule has 0 fully saturated rings. The van der Waals surface area contributed by atoms with E-state index in [1.165, 1.54) is 5.56 Å². The highest BCUT2D eigenvalue weighted by Crippen LogP contribution is 2.28. The van der Waals surface area contributed by atoms with Gasteiger partial charge < -0.3 is 4.74 Å². The largest absolute Gasteiger partial charge is 0.376 e. The minimum atomic E-state index is 0.616. The van der Waals surface area contributed by atoms with Gasteiger partial charge in [0.1, 0.15) is 0 Å². The number of ether oxygens (including phenoxy) is 1. The first-order chi connectivity index (χ1) is 5.77. The van der Waals surface area contributed by atoms with Crippen LogP contribution >= 0.6 is 23.2 Å². The lowest BCUT2D eigenvalue weighted by Gasteiger charge is -2.17. The summed E-state index contributed by atoms with van der Waals surface area (Å²) in [5.74, 6) is 0. The first-order valence-corrected chi connectivity index (χ1v) is 4.57. The van der Waals surface area contributed by atoms with E-state index in [0.29, 0.717) is 11.6 Å². The molecule has 1 aliphatic rings. The highest BCUT2D eigenvalue weighted by molar-refractivity contribution is 6.35. The molecule has 2 rings (SSSR count). The van der Waals surface area contributed by atoms with Gasteiger partial charge in [0, 0.05) is 10.0 Å². The van der Waals surface area contributed by atoms with Crippen LogP contribution in [0.4, 0.5) is 0 Å². The van der Waals surface area contributed by atoms with Crippen molar-refractivity contribution in [2.24, 2.45) is 0 Å². The molecule has 0 aromatic heterocycles. The second-order valence-corrected chi connectivity index (χ2v) is 3.67. The van der Waals surface area contributed by atoms with Gasteiger partial charge in [-0.05, 0) is 29.7 Å². The van der Waals surface area contributed by atoms with E-state index in [0.717, 1.165) is 23.6 Å². The van der Waals surface area contributed by atoms with E-state index in [1.54, 1.807) is 6.07 Å². The lowest BCUT2D eigenvalue weighted by molar-refractivity contribution is 0.111. The summed E-state index contributed by atoms with van der Waals surface area (Å²) in [6.07, 6.45) is 0.912. The van der Waals surface area contributed by atoms with E-state index in [2.05, 4.69) is 0 Å². The van der Waals surface area contributed by atoms with Crippen molar-refractivity contribution in [1.82, 2.24) is 0 Å². The van der Waals surface area contributed by atoms with Gasteiger partial charge in [-0.25, -0.2) is 0 Å². The third-order valence-electron chi connectivity index (χ3n) is 2.01. The molecule has 0 N–H and O–H groups in total. The summed E-state index contributed by atoms with van der Waals surface area (Å²) in [6, 6.07) is 3.72. The Balaban J connectivity index is 2.53. The zero-order valence-electron chi connectivity index (χ0n) is 6.44. The summed E-state index contributed by atoms with van der Waals surface area (Å²) in [5, 5.41) is 1.43. The molecule has 0 saturated heterocycles. The maximum absolute atomic E-state index is 5.98. The van der Waals surface area contributed by atoms with E-state index < -0.39 is 0 Å². The van der Waals surface area contributed by atoms with Crippen LogP contribution < -0.4 is 0 Å². The predicted molar refractivity (Wildman–Crippen MR) is 49.8 cm³/mol. The molecule has 1 aromatic carbocycles. The molecular weight excluding hydrogens is 195 g/mol. The Kier molecular flexibility index (Phi) is 2.26. The Labute approximate surface area is 81.2 Å². The maximum atomic E-state index is 5.98. The second-order valence-electron chi connectivity index (χ2n) is 2.83. The van der Waals surface area contributed by atoms with Gasteiger partial charge in [-0.1, -0.05) is 23.2 Å². The van der Waals surface area contributed by atoms with E-state index in [4.69, 9.17) is 27.9 Å². The number of rotatable bonds is 0. The van der Waals surface area contributed by atoms with Crippen LogP contribution in [0.5, 0.6) is 0 Å². The smallest absolute Gasteiger partial charge is 0.0734 e. The minimum absolute atomic E-state index is 0.616. The molecule has 0 bridgehead atoms. The SMILES string of the molecule is Clc1cc(Cl)c2c(c1)CCOC2. The Hall–Kier alpha value is -0.240. The fourth-order valence-electron chi connectivity index (χ4n) is 1.40. The fourth-order valence-corrected chi connectivity index (χ4v) is 1.99. The quantitative estimate of drug-likeness (QED) is 0.629. The maximum Gasteiger partial charge on any atom is 0.0734 e. The molecule has 1 aliphatic heterocycles. The molecular formula is C9H8Cl2O. The number of fused-ring (bicyclic) bond motifs is 1. The molecule has 1 nitrogen and oxygen atoms in total. The molecule has 0 amide bonds. The van der Waals surface area contributed by atoms with Gasteiger partial charge in [-0.2, -0.15) is 0 Å². The summed E-state index contributed by atoms with van der Waals surface area (Å²) in [6.45, 7) is 1.38. The fraction of sp³-hybridized carbons (Fsp3) is 0.333. The van der Waals surface area contributed by atoms with Gasteiger partial charge in [0.05, 0.1) is 13.2 Å². The minimum Gasteiger partial charge on any atom is -0.376 e. The summed E-state index contributed by atoms with van der Waals surface area (Å²) >= 11 is 11.8. The number of hydrogen-bond donors (Lipinski definition) is 0. The van der Waals surface area contributed by atoms with Crippen molar-refractivity contribution in [3.05, 3.63) is 33.3 Å². The topological polar surface area (TPSA) is 9.23 Å². The van der Waals surface area contributed by atoms with Crippen LogP contribution in [0.2, 0.25) is 10.0 Å². The van der Waals surface area contributed by atoms with Crippen molar-refractivity contribution in [2.45, 2.75) is 13.0 Å². The average molecular weight is 203 g/mol. The van der Waals surface area contributed by atoms with Crippen LogP contribution in [0.25, 0.3) is 0 Å². The first-order valence-electron chi connectivity index (χ1n) is 3.82. The predicted octanol–water partition coefficient (Wildman–Crippen LogP) is 3.07. The Morgan fingerprint density at radius 2 is 2.08 bits per heavy atom. The number of hydrogen-bond acceptors (Lipinski definition) is 1. The van der Waals surface area contributed by atoms with Crippen LogP contribution in [0.1, 0.15) is 11.1 Å². The Bertz CT molecular complexity index is 310. The van der Waals surface area contributed by atoms with Crippen molar-refractivity contribution >= 4 is 23.2 Å².